The Bertz CT molecular complexity index is 547. The summed E-state index contributed by atoms with van der Waals surface area (Å²) in [7, 11) is 0. The largest absolute Gasteiger partial charge is 0.394 e. The number of rotatable bonds is 4. The van der Waals surface area contributed by atoms with Crippen LogP contribution in [0.15, 0.2) is 18.2 Å². The zero-order valence-electron chi connectivity index (χ0n) is 12.9. The van der Waals surface area contributed by atoms with Gasteiger partial charge in [0.2, 0.25) is 0 Å². The molecule has 1 aliphatic rings. The smallest absolute Gasteiger partial charge is 0.318 e. The van der Waals surface area contributed by atoms with Crippen LogP contribution in [0, 0.1) is 11.6 Å². The van der Waals surface area contributed by atoms with Gasteiger partial charge in [0, 0.05) is 6.54 Å². The van der Waals surface area contributed by atoms with Gasteiger partial charge in [-0.3, -0.25) is 0 Å². The van der Waals surface area contributed by atoms with Gasteiger partial charge in [0.15, 0.2) is 11.6 Å². The van der Waals surface area contributed by atoms with Crippen molar-refractivity contribution in [2.45, 2.75) is 44.7 Å². The van der Waals surface area contributed by atoms with Gasteiger partial charge < -0.3 is 15.3 Å². The van der Waals surface area contributed by atoms with Gasteiger partial charge in [-0.05, 0) is 43.9 Å². The van der Waals surface area contributed by atoms with E-state index in [-0.39, 0.29) is 12.6 Å². The minimum atomic E-state index is -0.932. The van der Waals surface area contributed by atoms with Crippen molar-refractivity contribution < 1.29 is 18.7 Å². The van der Waals surface area contributed by atoms with Crippen LogP contribution in [-0.4, -0.2) is 34.7 Å². The average molecular weight is 312 g/mol. The van der Waals surface area contributed by atoms with Crippen molar-refractivity contribution in [3.63, 3.8) is 0 Å². The molecule has 1 aromatic rings. The molecule has 2 N–H and O–H groups in total. The first kappa shape index (κ1) is 16.7. The summed E-state index contributed by atoms with van der Waals surface area (Å²) in [5.74, 6) is -1.84. The lowest BCUT2D eigenvalue weighted by Crippen LogP contribution is -2.53. The lowest BCUT2D eigenvalue weighted by atomic mass is 9.94. The summed E-state index contributed by atoms with van der Waals surface area (Å²) in [6.45, 7) is 4.18. The van der Waals surface area contributed by atoms with E-state index in [0.29, 0.717) is 18.5 Å². The van der Waals surface area contributed by atoms with E-state index in [9.17, 15) is 18.7 Å². The van der Waals surface area contributed by atoms with Gasteiger partial charge in [-0.1, -0.05) is 13.0 Å². The maximum absolute atomic E-state index is 13.3. The number of carbonyl (C=O) groups excluding carboxylic acids is 1. The number of aliphatic hydroxyl groups is 1. The molecule has 1 aromatic carbocycles. The van der Waals surface area contributed by atoms with E-state index in [0.717, 1.165) is 25.0 Å². The van der Waals surface area contributed by atoms with E-state index in [1.54, 1.807) is 11.8 Å². The molecule has 6 heteroatoms. The van der Waals surface area contributed by atoms with Crippen molar-refractivity contribution in [3.8, 4) is 0 Å². The number of carbonyl (C=O) groups is 1. The van der Waals surface area contributed by atoms with E-state index in [4.69, 9.17) is 0 Å². The van der Waals surface area contributed by atoms with Crippen LogP contribution < -0.4 is 5.32 Å². The van der Waals surface area contributed by atoms with E-state index in [2.05, 4.69) is 5.32 Å². The molecular weight excluding hydrogens is 290 g/mol. The maximum Gasteiger partial charge on any atom is 0.318 e. The Kier molecular flexibility index (Phi) is 5.01. The standard InChI is InChI=1S/C16H22F2N2O2/c1-3-16(10-21)7-4-8-20(16)15(22)19-11(2)12-5-6-13(17)14(18)9-12/h5-6,9,11,21H,3-4,7-8,10H2,1-2H3,(H,19,22)/t11-,16+/m0/s1. The molecule has 22 heavy (non-hydrogen) atoms. The Morgan fingerprint density at radius 3 is 2.77 bits per heavy atom. The highest BCUT2D eigenvalue weighted by Gasteiger charge is 2.41. The summed E-state index contributed by atoms with van der Waals surface area (Å²) in [6.07, 6.45) is 2.30. The summed E-state index contributed by atoms with van der Waals surface area (Å²) in [5, 5.41) is 12.4. The second-order valence-corrected chi connectivity index (χ2v) is 5.84. The number of aliphatic hydroxyl groups excluding tert-OH is 1. The number of nitrogens with zero attached hydrogens (tertiary/aromatic N) is 1. The minimum Gasteiger partial charge on any atom is -0.394 e. The summed E-state index contributed by atoms with van der Waals surface area (Å²) < 4.78 is 26.2. The third-order valence-electron chi connectivity index (χ3n) is 4.58. The molecule has 0 radical (unpaired) electrons. The second-order valence-electron chi connectivity index (χ2n) is 5.84. The number of likely N-dealkylation sites (tertiary alicyclic amines) is 1. The molecular formula is C16H22F2N2O2. The quantitative estimate of drug-likeness (QED) is 0.898. The maximum atomic E-state index is 13.3. The first-order valence-corrected chi connectivity index (χ1v) is 7.57. The molecule has 4 nitrogen and oxygen atoms in total. The Morgan fingerprint density at radius 1 is 1.45 bits per heavy atom. The minimum absolute atomic E-state index is 0.0729. The molecule has 0 aliphatic carbocycles. The molecule has 1 saturated heterocycles. The predicted octanol–water partition coefficient (Wildman–Crippen LogP) is 2.97. The van der Waals surface area contributed by atoms with Crippen LogP contribution in [-0.2, 0) is 0 Å². The molecule has 1 fully saturated rings. The topological polar surface area (TPSA) is 52.6 Å². The molecule has 0 bridgehead atoms. The predicted molar refractivity (Wildman–Crippen MR) is 79.4 cm³/mol. The van der Waals surface area contributed by atoms with Crippen molar-refractivity contribution in [1.29, 1.82) is 0 Å². The number of halogens is 2. The van der Waals surface area contributed by atoms with Crippen molar-refractivity contribution >= 4 is 6.03 Å². The summed E-state index contributed by atoms with van der Waals surface area (Å²) >= 11 is 0. The van der Waals surface area contributed by atoms with Gasteiger partial charge in [0.25, 0.3) is 0 Å². The van der Waals surface area contributed by atoms with Crippen LogP contribution >= 0.6 is 0 Å². The fraction of sp³-hybridized carbons (Fsp3) is 0.562. The van der Waals surface area contributed by atoms with Gasteiger partial charge >= 0.3 is 6.03 Å². The van der Waals surface area contributed by atoms with Crippen LogP contribution in [0.25, 0.3) is 0 Å². The van der Waals surface area contributed by atoms with Gasteiger partial charge in [-0.15, -0.1) is 0 Å². The van der Waals surface area contributed by atoms with Crippen molar-refractivity contribution in [3.05, 3.63) is 35.4 Å². The number of hydrogen-bond donors (Lipinski definition) is 2. The number of amides is 2. The van der Waals surface area contributed by atoms with Gasteiger partial charge in [-0.2, -0.15) is 0 Å². The second kappa shape index (κ2) is 6.60. The zero-order valence-corrected chi connectivity index (χ0v) is 12.9. The third-order valence-corrected chi connectivity index (χ3v) is 4.58. The van der Waals surface area contributed by atoms with Crippen LogP contribution in [0.4, 0.5) is 13.6 Å². The van der Waals surface area contributed by atoms with Crippen LogP contribution in [0.5, 0.6) is 0 Å². The van der Waals surface area contributed by atoms with Crippen molar-refractivity contribution in [1.82, 2.24) is 10.2 Å². The van der Waals surface area contributed by atoms with Gasteiger partial charge in [0.1, 0.15) is 0 Å². The first-order chi connectivity index (χ1) is 10.4. The van der Waals surface area contributed by atoms with E-state index >= 15 is 0 Å². The highest BCUT2D eigenvalue weighted by molar-refractivity contribution is 5.76. The Morgan fingerprint density at radius 2 is 2.18 bits per heavy atom. The normalized spacial score (nSPS) is 22.7. The molecule has 0 unspecified atom stereocenters. The summed E-state index contributed by atoms with van der Waals surface area (Å²) in [5.41, 5.74) is -0.0183. The monoisotopic (exact) mass is 312 g/mol. The van der Waals surface area contributed by atoms with Gasteiger partial charge in [0.05, 0.1) is 18.2 Å². The van der Waals surface area contributed by atoms with Crippen molar-refractivity contribution in [2.75, 3.05) is 13.2 Å². The number of nitrogens with one attached hydrogen (secondary N) is 1. The van der Waals surface area contributed by atoms with Crippen molar-refractivity contribution in [2.24, 2.45) is 0 Å². The highest BCUT2D eigenvalue weighted by Crippen LogP contribution is 2.32. The lowest BCUT2D eigenvalue weighted by molar-refractivity contribution is 0.0799. The van der Waals surface area contributed by atoms with E-state index < -0.39 is 23.2 Å². The summed E-state index contributed by atoms with van der Waals surface area (Å²) in [6, 6.07) is 2.85. The van der Waals surface area contributed by atoms with Gasteiger partial charge in [-0.25, -0.2) is 13.6 Å². The molecule has 1 aliphatic heterocycles. The molecule has 0 spiro atoms. The number of urea groups is 1. The Balaban J connectivity index is 2.09. The third kappa shape index (κ3) is 3.06. The molecule has 1 heterocycles. The fourth-order valence-corrected chi connectivity index (χ4v) is 3.03. The zero-order chi connectivity index (χ0) is 16.3. The SMILES string of the molecule is CC[C@]1(CO)CCCN1C(=O)N[C@@H](C)c1ccc(F)c(F)c1. The fourth-order valence-electron chi connectivity index (χ4n) is 3.03. The highest BCUT2D eigenvalue weighted by atomic mass is 19.2. The summed E-state index contributed by atoms with van der Waals surface area (Å²) in [4.78, 5) is 14.1. The Hall–Kier alpha value is -1.69. The first-order valence-electron chi connectivity index (χ1n) is 7.57. The molecule has 2 amide bonds. The molecule has 122 valence electrons. The Labute approximate surface area is 129 Å². The van der Waals surface area contributed by atoms with E-state index in [1.807, 2.05) is 6.92 Å². The average Bonchev–Trinajstić information content (AvgIpc) is 2.94. The molecule has 0 aromatic heterocycles. The number of benzene rings is 1. The van der Waals surface area contributed by atoms with Crippen LogP contribution in [0.3, 0.4) is 0 Å². The lowest BCUT2D eigenvalue weighted by Gasteiger charge is -2.37. The van der Waals surface area contributed by atoms with Crippen LogP contribution in [0.2, 0.25) is 0 Å². The van der Waals surface area contributed by atoms with Crippen LogP contribution in [0.1, 0.15) is 44.7 Å². The van der Waals surface area contributed by atoms with E-state index in [1.165, 1.54) is 6.07 Å². The number of hydrogen-bond acceptors (Lipinski definition) is 2. The molecule has 2 atom stereocenters. The molecule has 2 rings (SSSR count). The molecule has 0 saturated carbocycles.